The van der Waals surface area contributed by atoms with Crippen LogP contribution in [0.2, 0.25) is 0 Å². The predicted molar refractivity (Wildman–Crippen MR) is 174 cm³/mol. The van der Waals surface area contributed by atoms with E-state index in [2.05, 4.69) is 20.8 Å². The summed E-state index contributed by atoms with van der Waals surface area (Å²) in [5.41, 5.74) is 5.50. The maximum Gasteiger partial charge on any atom is 0.240 e. The normalized spacial score (nSPS) is 18.5. The molecule has 1 aliphatic heterocycles. The molecule has 0 amide bonds. The van der Waals surface area contributed by atoms with Gasteiger partial charge in [-0.1, -0.05) is 90.6 Å². The first-order chi connectivity index (χ1) is 22.0. The SMILES string of the molecule is O=S(=O)(NCc1cccc(-c2cccc(C3OC(CSc4ncccn4)CC(c4ccc(CO)cc4)O3)c2)c1)c1ccccc1. The predicted octanol–water partition coefficient (Wildman–Crippen LogP) is 6.45. The van der Waals surface area contributed by atoms with E-state index in [4.69, 9.17) is 9.47 Å². The van der Waals surface area contributed by atoms with Crippen molar-refractivity contribution >= 4 is 21.8 Å². The van der Waals surface area contributed by atoms with Gasteiger partial charge in [-0.05, 0) is 58.1 Å². The molecule has 0 radical (unpaired) electrons. The Kier molecular flexibility index (Phi) is 10.00. The zero-order chi connectivity index (χ0) is 31.1. The van der Waals surface area contributed by atoms with Gasteiger partial charge < -0.3 is 14.6 Å². The Balaban J connectivity index is 1.21. The van der Waals surface area contributed by atoms with E-state index in [1.807, 2.05) is 66.7 Å². The van der Waals surface area contributed by atoms with E-state index >= 15 is 0 Å². The maximum absolute atomic E-state index is 12.7. The molecule has 0 spiro atoms. The summed E-state index contributed by atoms with van der Waals surface area (Å²) in [6.45, 7) is 0.154. The first kappa shape index (κ1) is 31.1. The fourth-order valence-electron chi connectivity index (χ4n) is 5.14. The van der Waals surface area contributed by atoms with E-state index in [0.717, 1.165) is 33.4 Å². The summed E-state index contributed by atoms with van der Waals surface area (Å²) in [7, 11) is -3.62. The van der Waals surface area contributed by atoms with E-state index in [-0.39, 0.29) is 30.3 Å². The number of aliphatic hydroxyl groups excluding tert-OH is 1. The average molecular weight is 640 g/mol. The molecule has 1 saturated heterocycles. The van der Waals surface area contributed by atoms with E-state index in [0.29, 0.717) is 17.3 Å². The van der Waals surface area contributed by atoms with Crippen LogP contribution >= 0.6 is 11.8 Å². The first-order valence-electron chi connectivity index (χ1n) is 14.6. The third-order valence-electron chi connectivity index (χ3n) is 7.49. The van der Waals surface area contributed by atoms with Crippen molar-refractivity contribution in [2.75, 3.05) is 5.75 Å². The minimum absolute atomic E-state index is 0.0131. The molecule has 3 atom stereocenters. The van der Waals surface area contributed by atoms with Gasteiger partial charge in [-0.15, -0.1) is 0 Å². The van der Waals surface area contributed by atoms with E-state index < -0.39 is 16.3 Å². The Bertz CT molecular complexity index is 1810. The Labute approximate surface area is 267 Å². The standard InChI is InChI=1S/C35H33N3O5S2/c39-23-25-13-15-27(16-14-25)33-21-31(24-44-35-36-17-6-18-37-35)42-34(43-33)30-10-5-9-29(20-30)28-8-4-7-26(19-28)22-38-45(40,41)32-11-2-1-3-12-32/h1-20,31,33-34,38-39H,21-24H2. The molecule has 3 unspecified atom stereocenters. The smallest absolute Gasteiger partial charge is 0.240 e. The summed E-state index contributed by atoms with van der Waals surface area (Å²) in [4.78, 5) is 8.90. The number of rotatable bonds is 11. The highest BCUT2D eigenvalue weighted by atomic mass is 32.2. The summed E-state index contributed by atoms with van der Waals surface area (Å²) >= 11 is 1.55. The van der Waals surface area contributed by atoms with E-state index in [1.54, 1.807) is 60.6 Å². The van der Waals surface area contributed by atoms with Gasteiger partial charge in [-0.2, -0.15) is 0 Å². The molecular formula is C35H33N3O5S2. The van der Waals surface area contributed by atoms with Crippen molar-refractivity contribution in [1.29, 1.82) is 0 Å². The van der Waals surface area contributed by atoms with Gasteiger partial charge in [0.15, 0.2) is 11.4 Å². The van der Waals surface area contributed by atoms with E-state index in [9.17, 15) is 13.5 Å². The lowest BCUT2D eigenvalue weighted by Crippen LogP contribution is -2.31. The molecule has 2 N–H and O–H groups in total. The summed E-state index contributed by atoms with van der Waals surface area (Å²) in [6.07, 6.45) is 3.19. The summed E-state index contributed by atoms with van der Waals surface area (Å²) in [5.74, 6) is 0.662. The van der Waals surface area contributed by atoms with Crippen molar-refractivity contribution in [3.05, 3.63) is 144 Å². The second-order valence-electron chi connectivity index (χ2n) is 10.7. The molecule has 1 fully saturated rings. The minimum Gasteiger partial charge on any atom is -0.392 e. The number of aromatic nitrogens is 2. The molecule has 8 nitrogen and oxygen atoms in total. The van der Waals surface area contributed by atoms with Crippen molar-refractivity contribution in [2.45, 2.75) is 48.1 Å². The number of nitrogens with zero attached hydrogens (tertiary/aromatic N) is 2. The molecule has 0 aliphatic carbocycles. The molecule has 5 aromatic rings. The van der Waals surface area contributed by atoms with Gasteiger partial charge in [0.25, 0.3) is 0 Å². The lowest BCUT2D eigenvalue weighted by Gasteiger charge is -2.36. The van der Waals surface area contributed by atoms with E-state index in [1.165, 1.54) is 0 Å². The topological polar surface area (TPSA) is 111 Å². The molecule has 6 rings (SSSR count). The zero-order valence-electron chi connectivity index (χ0n) is 24.4. The Morgan fingerprint density at radius 2 is 1.51 bits per heavy atom. The Morgan fingerprint density at radius 3 is 2.27 bits per heavy atom. The molecule has 0 bridgehead atoms. The van der Waals surface area contributed by atoms with Crippen LogP contribution in [0.3, 0.4) is 0 Å². The maximum atomic E-state index is 12.7. The number of hydrogen-bond acceptors (Lipinski definition) is 8. The second kappa shape index (κ2) is 14.5. The molecular weight excluding hydrogens is 607 g/mol. The van der Waals surface area contributed by atoms with Gasteiger partial charge in [-0.25, -0.2) is 23.1 Å². The van der Waals surface area contributed by atoms with Crippen LogP contribution in [-0.4, -0.2) is 35.3 Å². The van der Waals surface area contributed by atoms with Crippen LogP contribution in [0.15, 0.2) is 132 Å². The molecule has 45 heavy (non-hydrogen) atoms. The molecule has 1 aliphatic rings. The van der Waals surface area contributed by atoms with Crippen molar-refractivity contribution in [3.8, 4) is 11.1 Å². The largest absolute Gasteiger partial charge is 0.392 e. The zero-order valence-corrected chi connectivity index (χ0v) is 26.0. The highest BCUT2D eigenvalue weighted by Gasteiger charge is 2.32. The van der Waals surface area contributed by atoms with Crippen LogP contribution in [0.5, 0.6) is 0 Å². The van der Waals surface area contributed by atoms with Gasteiger partial charge in [0, 0.05) is 36.7 Å². The van der Waals surface area contributed by atoms with Gasteiger partial charge in [0.1, 0.15) is 0 Å². The van der Waals surface area contributed by atoms with Gasteiger partial charge in [0.05, 0.1) is 23.7 Å². The fourth-order valence-corrected chi connectivity index (χ4v) is 7.00. The molecule has 4 aromatic carbocycles. The number of nitrogens with one attached hydrogen (secondary N) is 1. The quantitative estimate of drug-likeness (QED) is 0.125. The van der Waals surface area contributed by atoms with Crippen LogP contribution in [-0.2, 0) is 32.6 Å². The number of thioether (sulfide) groups is 1. The van der Waals surface area contributed by atoms with Crippen LogP contribution in [0, 0.1) is 0 Å². The lowest BCUT2D eigenvalue weighted by molar-refractivity contribution is -0.245. The fraction of sp³-hybridized carbons (Fsp3) is 0.200. The molecule has 0 saturated carbocycles. The number of aliphatic hydroxyl groups is 1. The molecule has 230 valence electrons. The van der Waals surface area contributed by atoms with Crippen LogP contribution in [0.4, 0.5) is 0 Å². The average Bonchev–Trinajstić information content (AvgIpc) is 3.11. The van der Waals surface area contributed by atoms with Gasteiger partial charge in [0.2, 0.25) is 10.0 Å². The Morgan fingerprint density at radius 1 is 0.778 bits per heavy atom. The first-order valence-corrected chi connectivity index (χ1v) is 17.1. The highest BCUT2D eigenvalue weighted by Crippen LogP contribution is 2.40. The van der Waals surface area contributed by atoms with Crippen molar-refractivity contribution in [3.63, 3.8) is 0 Å². The van der Waals surface area contributed by atoms with Crippen LogP contribution in [0.1, 0.15) is 41.1 Å². The van der Waals surface area contributed by atoms with Crippen LogP contribution < -0.4 is 4.72 Å². The molecule has 1 aromatic heterocycles. The van der Waals surface area contributed by atoms with Crippen molar-refractivity contribution < 1.29 is 23.0 Å². The van der Waals surface area contributed by atoms with Gasteiger partial charge >= 0.3 is 0 Å². The number of benzene rings is 4. The monoisotopic (exact) mass is 639 g/mol. The van der Waals surface area contributed by atoms with Crippen molar-refractivity contribution in [2.24, 2.45) is 0 Å². The summed E-state index contributed by atoms with van der Waals surface area (Å²) < 4.78 is 41.2. The van der Waals surface area contributed by atoms with Crippen molar-refractivity contribution in [1.82, 2.24) is 14.7 Å². The summed E-state index contributed by atoms with van der Waals surface area (Å²) in [5, 5.41) is 10.2. The minimum atomic E-state index is -3.62. The van der Waals surface area contributed by atoms with Gasteiger partial charge in [-0.3, -0.25) is 0 Å². The number of hydrogen-bond donors (Lipinski definition) is 2. The third kappa shape index (κ3) is 8.04. The summed E-state index contributed by atoms with van der Waals surface area (Å²) in [6, 6.07) is 33.8. The highest BCUT2D eigenvalue weighted by molar-refractivity contribution is 7.99. The van der Waals surface area contributed by atoms with Crippen LogP contribution in [0.25, 0.3) is 11.1 Å². The second-order valence-corrected chi connectivity index (χ2v) is 13.4. The number of ether oxygens (including phenoxy) is 2. The Hall–Kier alpha value is -3.90. The number of sulfonamides is 1. The third-order valence-corrected chi connectivity index (χ3v) is 9.92. The lowest BCUT2D eigenvalue weighted by atomic mass is 9.99. The molecule has 10 heteroatoms. The molecule has 2 heterocycles.